The fourth-order valence-corrected chi connectivity index (χ4v) is 0.779. The Labute approximate surface area is 63.2 Å². The molecule has 54 valence electrons. The van der Waals surface area contributed by atoms with Crippen molar-refractivity contribution in [1.82, 2.24) is 15.1 Å². The van der Waals surface area contributed by atoms with Gasteiger partial charge in [-0.1, -0.05) is 11.3 Å². The van der Waals surface area contributed by atoms with E-state index < -0.39 is 0 Å². The van der Waals surface area contributed by atoms with Crippen molar-refractivity contribution in [2.45, 2.75) is 0 Å². The highest BCUT2D eigenvalue weighted by atomic mass is 32.1. The molecule has 1 rings (SSSR count). The Morgan fingerprint density at radius 1 is 1.70 bits per heavy atom. The van der Waals surface area contributed by atoms with E-state index in [4.69, 9.17) is 0 Å². The van der Waals surface area contributed by atoms with Crippen molar-refractivity contribution in [3.05, 3.63) is 5.51 Å². The SMILES string of the molecule is CN(C)/C=N/c1nncs1. The highest BCUT2D eigenvalue weighted by Crippen LogP contribution is 2.10. The Kier molecular flexibility index (Phi) is 2.33. The van der Waals surface area contributed by atoms with Crippen LogP contribution in [0.2, 0.25) is 0 Å². The average molecular weight is 156 g/mol. The van der Waals surface area contributed by atoms with E-state index in [1.165, 1.54) is 11.3 Å². The van der Waals surface area contributed by atoms with Crippen LogP contribution in [0.3, 0.4) is 0 Å². The summed E-state index contributed by atoms with van der Waals surface area (Å²) < 4.78 is 0. The molecule has 10 heavy (non-hydrogen) atoms. The predicted molar refractivity (Wildman–Crippen MR) is 41.7 cm³/mol. The molecule has 0 aliphatic heterocycles. The number of hydrogen-bond acceptors (Lipinski definition) is 4. The minimum absolute atomic E-state index is 0.689. The first-order valence-electron chi connectivity index (χ1n) is 2.76. The molecule has 1 aromatic heterocycles. The fraction of sp³-hybridized carbons (Fsp3) is 0.400. The van der Waals surface area contributed by atoms with Crippen molar-refractivity contribution in [1.29, 1.82) is 0 Å². The second-order valence-corrected chi connectivity index (χ2v) is 2.74. The van der Waals surface area contributed by atoms with E-state index in [0.29, 0.717) is 5.13 Å². The standard InChI is InChI=1S/C5H8N4S/c1-9(2)3-6-5-8-7-4-10-5/h3-4H,1-2H3/b6-3+. The normalized spacial score (nSPS) is 10.6. The molecule has 5 heteroatoms. The van der Waals surface area contributed by atoms with Gasteiger partial charge in [0.25, 0.3) is 0 Å². The Balaban J connectivity index is 2.55. The molecular weight excluding hydrogens is 148 g/mol. The van der Waals surface area contributed by atoms with Crippen LogP contribution >= 0.6 is 11.3 Å². The Hall–Kier alpha value is -0.970. The van der Waals surface area contributed by atoms with Crippen molar-refractivity contribution in [3.63, 3.8) is 0 Å². The van der Waals surface area contributed by atoms with Crippen LogP contribution in [0.4, 0.5) is 5.13 Å². The first-order valence-corrected chi connectivity index (χ1v) is 3.64. The average Bonchev–Trinajstić information content (AvgIpc) is 2.34. The summed E-state index contributed by atoms with van der Waals surface area (Å²) in [5.41, 5.74) is 1.66. The van der Waals surface area contributed by atoms with Gasteiger partial charge >= 0.3 is 0 Å². The highest BCUT2D eigenvalue weighted by Gasteiger charge is 1.88. The predicted octanol–water partition coefficient (Wildman–Crippen LogP) is 0.759. The monoisotopic (exact) mass is 156 g/mol. The summed E-state index contributed by atoms with van der Waals surface area (Å²) in [4.78, 5) is 5.86. The summed E-state index contributed by atoms with van der Waals surface area (Å²) in [6, 6.07) is 0. The second kappa shape index (κ2) is 3.26. The lowest BCUT2D eigenvalue weighted by Gasteiger charge is -1.99. The van der Waals surface area contributed by atoms with Crippen LogP contribution in [-0.4, -0.2) is 35.5 Å². The third-order valence-electron chi connectivity index (χ3n) is 0.748. The molecule has 0 radical (unpaired) electrons. The number of nitrogens with zero attached hydrogens (tertiary/aromatic N) is 4. The van der Waals surface area contributed by atoms with Crippen molar-refractivity contribution >= 4 is 22.8 Å². The van der Waals surface area contributed by atoms with Gasteiger partial charge in [-0.05, 0) is 0 Å². The molecule has 0 spiro atoms. The van der Waals surface area contributed by atoms with E-state index in [9.17, 15) is 0 Å². The molecule has 0 aliphatic carbocycles. The van der Waals surface area contributed by atoms with Gasteiger partial charge in [-0.3, -0.25) is 0 Å². The van der Waals surface area contributed by atoms with Crippen molar-refractivity contribution in [2.24, 2.45) is 4.99 Å². The lowest BCUT2D eigenvalue weighted by atomic mass is 10.9. The van der Waals surface area contributed by atoms with Gasteiger partial charge in [0.15, 0.2) is 0 Å². The maximum atomic E-state index is 4.01. The largest absolute Gasteiger partial charge is 0.369 e. The van der Waals surface area contributed by atoms with E-state index in [1.54, 1.807) is 11.8 Å². The van der Waals surface area contributed by atoms with E-state index in [2.05, 4.69) is 15.2 Å². The van der Waals surface area contributed by atoms with Crippen LogP contribution in [0, 0.1) is 0 Å². The molecule has 0 saturated carbocycles. The third-order valence-corrected chi connectivity index (χ3v) is 1.35. The zero-order valence-electron chi connectivity index (χ0n) is 5.85. The molecule has 0 aromatic carbocycles. The Bertz CT molecular complexity index is 203. The highest BCUT2D eigenvalue weighted by molar-refractivity contribution is 7.13. The molecule has 0 aliphatic rings. The van der Waals surface area contributed by atoms with Gasteiger partial charge in [0, 0.05) is 14.1 Å². The van der Waals surface area contributed by atoms with Crippen molar-refractivity contribution < 1.29 is 0 Å². The van der Waals surface area contributed by atoms with E-state index >= 15 is 0 Å². The fourth-order valence-electron chi connectivity index (χ4n) is 0.388. The van der Waals surface area contributed by atoms with Crippen LogP contribution in [0.25, 0.3) is 0 Å². The van der Waals surface area contributed by atoms with Gasteiger partial charge in [0.1, 0.15) is 5.51 Å². The number of rotatable bonds is 2. The van der Waals surface area contributed by atoms with Gasteiger partial charge < -0.3 is 4.90 Å². The zero-order chi connectivity index (χ0) is 7.40. The number of aromatic nitrogens is 2. The number of hydrogen-bond donors (Lipinski definition) is 0. The molecule has 0 atom stereocenters. The first-order chi connectivity index (χ1) is 4.79. The summed E-state index contributed by atoms with van der Waals surface area (Å²) in [6.45, 7) is 0. The smallest absolute Gasteiger partial charge is 0.232 e. The minimum atomic E-state index is 0.689. The van der Waals surface area contributed by atoms with Crippen molar-refractivity contribution in [3.8, 4) is 0 Å². The minimum Gasteiger partial charge on any atom is -0.369 e. The molecule has 0 fully saturated rings. The molecule has 1 aromatic rings. The van der Waals surface area contributed by atoms with Gasteiger partial charge in [-0.15, -0.1) is 10.2 Å². The van der Waals surface area contributed by atoms with Gasteiger partial charge in [-0.2, -0.15) is 0 Å². The zero-order valence-corrected chi connectivity index (χ0v) is 6.67. The third kappa shape index (κ3) is 2.10. The summed E-state index contributed by atoms with van der Waals surface area (Å²) >= 11 is 1.42. The Morgan fingerprint density at radius 2 is 2.50 bits per heavy atom. The summed E-state index contributed by atoms with van der Waals surface area (Å²) in [5.74, 6) is 0. The maximum absolute atomic E-state index is 4.01. The van der Waals surface area contributed by atoms with E-state index in [-0.39, 0.29) is 0 Å². The van der Waals surface area contributed by atoms with Crippen molar-refractivity contribution in [2.75, 3.05) is 14.1 Å². The summed E-state index contributed by atoms with van der Waals surface area (Å²) in [6.07, 6.45) is 1.69. The molecule has 4 nitrogen and oxygen atoms in total. The lowest BCUT2D eigenvalue weighted by molar-refractivity contribution is 0.643. The van der Waals surface area contributed by atoms with Gasteiger partial charge in [0.05, 0.1) is 6.34 Å². The molecule has 0 unspecified atom stereocenters. The molecule has 0 bridgehead atoms. The lowest BCUT2D eigenvalue weighted by Crippen LogP contribution is -2.06. The molecule has 1 heterocycles. The van der Waals surface area contributed by atoms with Crippen LogP contribution in [0.5, 0.6) is 0 Å². The molecule has 0 N–H and O–H groups in total. The van der Waals surface area contributed by atoms with E-state index in [0.717, 1.165) is 0 Å². The van der Waals surface area contributed by atoms with Crippen LogP contribution < -0.4 is 0 Å². The molecule has 0 saturated heterocycles. The summed E-state index contributed by atoms with van der Waals surface area (Å²) in [5, 5.41) is 8.06. The van der Waals surface area contributed by atoms with Gasteiger partial charge in [0.2, 0.25) is 5.13 Å². The van der Waals surface area contributed by atoms with Gasteiger partial charge in [-0.25, -0.2) is 4.99 Å². The second-order valence-electron chi connectivity index (χ2n) is 1.93. The molecule has 0 amide bonds. The number of aliphatic imine (C=N–C) groups is 1. The van der Waals surface area contributed by atoms with Crippen LogP contribution in [0.1, 0.15) is 0 Å². The van der Waals surface area contributed by atoms with Crippen LogP contribution in [-0.2, 0) is 0 Å². The van der Waals surface area contributed by atoms with E-state index in [1.807, 2.05) is 19.0 Å². The Morgan fingerprint density at radius 3 is 3.00 bits per heavy atom. The molecular formula is C5H8N4S. The summed E-state index contributed by atoms with van der Waals surface area (Å²) in [7, 11) is 3.81. The first kappa shape index (κ1) is 7.14. The quantitative estimate of drug-likeness (QED) is 0.469. The van der Waals surface area contributed by atoms with Crippen LogP contribution in [0.15, 0.2) is 10.5 Å². The maximum Gasteiger partial charge on any atom is 0.232 e. The topological polar surface area (TPSA) is 41.4 Å².